The molecule has 0 spiro atoms. The lowest BCUT2D eigenvalue weighted by Gasteiger charge is -2.00. The molecule has 94 valence electrons. The van der Waals surface area contributed by atoms with Crippen LogP contribution in [0.1, 0.15) is 0 Å². The number of aromatic nitrogens is 1. The molecule has 0 atom stereocenters. The van der Waals surface area contributed by atoms with Gasteiger partial charge in [-0.15, -0.1) is 11.3 Å². The van der Waals surface area contributed by atoms with Crippen LogP contribution in [-0.2, 0) is 0 Å². The summed E-state index contributed by atoms with van der Waals surface area (Å²) in [5, 5.41) is 4.20. The molecule has 0 fully saturated rings. The van der Waals surface area contributed by atoms with E-state index in [1.54, 1.807) is 17.4 Å². The third kappa shape index (κ3) is 2.66. The highest BCUT2D eigenvalue weighted by Gasteiger charge is 2.09. The monoisotopic (exact) mass is 305 g/mol. The molecule has 0 aliphatic rings. The van der Waals surface area contributed by atoms with Crippen LogP contribution in [0.3, 0.4) is 0 Å². The molecule has 0 radical (unpaired) electrons. The Labute approximate surface area is 125 Å². The Morgan fingerprint density at radius 2 is 1.74 bits per heavy atom. The second-order valence-electron chi connectivity index (χ2n) is 4.03. The average molecular weight is 306 g/mol. The standard InChI is InChI=1S/C15H9Cl2NS/c16-11-6-7-12(13(17)8-11)15-18-14(9-19-15)10-4-2-1-3-5-10/h1-9H. The maximum absolute atomic E-state index is 6.20. The van der Waals surface area contributed by atoms with Gasteiger partial charge in [-0.3, -0.25) is 0 Å². The molecule has 1 nitrogen and oxygen atoms in total. The van der Waals surface area contributed by atoms with E-state index in [0.29, 0.717) is 10.0 Å². The lowest BCUT2D eigenvalue weighted by molar-refractivity contribution is 1.40. The molecule has 0 unspecified atom stereocenters. The fraction of sp³-hybridized carbons (Fsp3) is 0. The first kappa shape index (κ1) is 12.7. The van der Waals surface area contributed by atoms with Crippen molar-refractivity contribution in [3.8, 4) is 21.8 Å². The summed E-state index contributed by atoms with van der Waals surface area (Å²) in [6.45, 7) is 0. The van der Waals surface area contributed by atoms with Crippen molar-refractivity contribution in [2.24, 2.45) is 0 Å². The van der Waals surface area contributed by atoms with E-state index in [1.807, 2.05) is 47.8 Å². The summed E-state index contributed by atoms with van der Waals surface area (Å²) >= 11 is 13.7. The van der Waals surface area contributed by atoms with E-state index in [0.717, 1.165) is 21.8 Å². The maximum Gasteiger partial charge on any atom is 0.125 e. The van der Waals surface area contributed by atoms with Crippen LogP contribution in [0.5, 0.6) is 0 Å². The van der Waals surface area contributed by atoms with Crippen LogP contribution in [0.15, 0.2) is 53.9 Å². The molecule has 0 aliphatic carbocycles. The third-order valence-corrected chi connectivity index (χ3v) is 4.16. The number of rotatable bonds is 2. The summed E-state index contributed by atoms with van der Waals surface area (Å²) in [7, 11) is 0. The maximum atomic E-state index is 6.20. The molecule has 1 heterocycles. The van der Waals surface area contributed by atoms with Crippen LogP contribution >= 0.6 is 34.5 Å². The Hall–Kier alpha value is -1.35. The number of hydrogen-bond donors (Lipinski definition) is 0. The van der Waals surface area contributed by atoms with Gasteiger partial charge < -0.3 is 0 Å². The van der Waals surface area contributed by atoms with Crippen molar-refractivity contribution in [2.45, 2.75) is 0 Å². The van der Waals surface area contributed by atoms with Gasteiger partial charge >= 0.3 is 0 Å². The third-order valence-electron chi connectivity index (χ3n) is 2.74. The number of halogens is 2. The number of hydrogen-bond acceptors (Lipinski definition) is 2. The first-order valence-electron chi connectivity index (χ1n) is 5.70. The van der Waals surface area contributed by atoms with Crippen LogP contribution in [0, 0.1) is 0 Å². The summed E-state index contributed by atoms with van der Waals surface area (Å²) in [6.07, 6.45) is 0. The van der Waals surface area contributed by atoms with E-state index < -0.39 is 0 Å². The number of thiazole rings is 1. The van der Waals surface area contributed by atoms with E-state index in [4.69, 9.17) is 23.2 Å². The molecule has 0 saturated carbocycles. The molecule has 0 aliphatic heterocycles. The summed E-state index contributed by atoms with van der Waals surface area (Å²) < 4.78 is 0. The van der Waals surface area contributed by atoms with E-state index in [-0.39, 0.29) is 0 Å². The SMILES string of the molecule is Clc1ccc(-c2nc(-c3ccccc3)cs2)c(Cl)c1. The van der Waals surface area contributed by atoms with Crippen LogP contribution in [0.2, 0.25) is 10.0 Å². The van der Waals surface area contributed by atoms with Gasteiger partial charge in [0.15, 0.2) is 0 Å². The predicted octanol–water partition coefficient (Wildman–Crippen LogP) is 5.78. The van der Waals surface area contributed by atoms with Crippen LogP contribution in [-0.4, -0.2) is 4.98 Å². The Morgan fingerprint density at radius 1 is 0.947 bits per heavy atom. The van der Waals surface area contributed by atoms with Crippen molar-refractivity contribution < 1.29 is 0 Å². The molecule has 2 aromatic carbocycles. The normalized spacial score (nSPS) is 10.6. The molecule has 0 N–H and O–H groups in total. The van der Waals surface area contributed by atoms with Crippen molar-refractivity contribution in [2.75, 3.05) is 0 Å². The van der Waals surface area contributed by atoms with Gasteiger partial charge in [-0.2, -0.15) is 0 Å². The van der Waals surface area contributed by atoms with E-state index >= 15 is 0 Å². The number of nitrogens with zero attached hydrogens (tertiary/aromatic N) is 1. The highest BCUT2D eigenvalue weighted by Crippen LogP contribution is 2.34. The van der Waals surface area contributed by atoms with Crippen LogP contribution in [0.25, 0.3) is 21.8 Å². The van der Waals surface area contributed by atoms with Gasteiger partial charge in [0.1, 0.15) is 5.01 Å². The highest BCUT2D eigenvalue weighted by atomic mass is 35.5. The zero-order valence-corrected chi connectivity index (χ0v) is 12.1. The smallest absolute Gasteiger partial charge is 0.125 e. The molecular weight excluding hydrogens is 297 g/mol. The average Bonchev–Trinajstić information content (AvgIpc) is 2.89. The minimum Gasteiger partial charge on any atom is -0.236 e. The van der Waals surface area contributed by atoms with Crippen molar-refractivity contribution in [3.63, 3.8) is 0 Å². The topological polar surface area (TPSA) is 12.9 Å². The van der Waals surface area contributed by atoms with Gasteiger partial charge in [0.2, 0.25) is 0 Å². The van der Waals surface area contributed by atoms with Gasteiger partial charge in [0.25, 0.3) is 0 Å². The summed E-state index contributed by atoms with van der Waals surface area (Å²) in [5.74, 6) is 0. The quantitative estimate of drug-likeness (QED) is 0.584. The van der Waals surface area contributed by atoms with Gasteiger partial charge in [0.05, 0.1) is 10.7 Å². The Bertz CT molecular complexity index is 707. The molecule has 0 saturated heterocycles. The van der Waals surface area contributed by atoms with Crippen molar-refractivity contribution >= 4 is 34.5 Å². The van der Waals surface area contributed by atoms with E-state index in [1.165, 1.54) is 0 Å². The largest absolute Gasteiger partial charge is 0.236 e. The van der Waals surface area contributed by atoms with Gasteiger partial charge in [-0.05, 0) is 18.2 Å². The summed E-state index contributed by atoms with van der Waals surface area (Å²) in [5.41, 5.74) is 2.99. The van der Waals surface area contributed by atoms with Crippen molar-refractivity contribution in [1.82, 2.24) is 4.98 Å². The first-order valence-corrected chi connectivity index (χ1v) is 7.34. The fourth-order valence-corrected chi connectivity index (χ4v) is 3.22. The zero-order valence-electron chi connectivity index (χ0n) is 9.81. The molecule has 4 heteroatoms. The fourth-order valence-electron chi connectivity index (χ4n) is 1.80. The molecule has 19 heavy (non-hydrogen) atoms. The molecule has 3 aromatic rings. The summed E-state index contributed by atoms with van der Waals surface area (Å²) in [6, 6.07) is 15.6. The Kier molecular flexibility index (Phi) is 3.56. The molecule has 1 aromatic heterocycles. The first-order chi connectivity index (χ1) is 9.24. The Morgan fingerprint density at radius 3 is 2.47 bits per heavy atom. The predicted molar refractivity (Wildman–Crippen MR) is 83.0 cm³/mol. The molecule has 0 bridgehead atoms. The number of benzene rings is 2. The minimum absolute atomic E-state index is 0.626. The molecule has 3 rings (SSSR count). The van der Waals surface area contributed by atoms with Crippen molar-refractivity contribution in [1.29, 1.82) is 0 Å². The van der Waals surface area contributed by atoms with E-state index in [9.17, 15) is 0 Å². The minimum atomic E-state index is 0.626. The summed E-state index contributed by atoms with van der Waals surface area (Å²) in [4.78, 5) is 4.63. The van der Waals surface area contributed by atoms with Gasteiger partial charge in [-0.25, -0.2) is 4.98 Å². The van der Waals surface area contributed by atoms with Crippen molar-refractivity contribution in [3.05, 3.63) is 64.0 Å². The lowest BCUT2D eigenvalue weighted by Crippen LogP contribution is -1.80. The highest BCUT2D eigenvalue weighted by molar-refractivity contribution is 7.13. The second-order valence-corrected chi connectivity index (χ2v) is 5.73. The van der Waals surface area contributed by atoms with Gasteiger partial charge in [-0.1, -0.05) is 53.5 Å². The van der Waals surface area contributed by atoms with Crippen LogP contribution in [0.4, 0.5) is 0 Å². The van der Waals surface area contributed by atoms with Crippen LogP contribution < -0.4 is 0 Å². The Balaban J connectivity index is 2.02. The molecular formula is C15H9Cl2NS. The van der Waals surface area contributed by atoms with E-state index in [2.05, 4.69) is 4.98 Å². The zero-order chi connectivity index (χ0) is 13.2. The molecule has 0 amide bonds. The van der Waals surface area contributed by atoms with Gasteiger partial charge in [0, 0.05) is 21.5 Å². The lowest BCUT2D eigenvalue weighted by atomic mass is 10.2. The second kappa shape index (κ2) is 5.33.